The fourth-order valence-corrected chi connectivity index (χ4v) is 5.11. The smallest absolute Gasteiger partial charge is 0.260 e. The van der Waals surface area contributed by atoms with Gasteiger partial charge in [-0.2, -0.15) is 11.8 Å². The van der Waals surface area contributed by atoms with Gasteiger partial charge in [-0.3, -0.25) is 9.69 Å². The van der Waals surface area contributed by atoms with Crippen molar-refractivity contribution in [1.29, 1.82) is 0 Å². The largest absolute Gasteiger partial charge is 0.479 e. The van der Waals surface area contributed by atoms with E-state index >= 15 is 0 Å². The van der Waals surface area contributed by atoms with Crippen molar-refractivity contribution < 1.29 is 14.3 Å². The minimum atomic E-state index is -0.593. The summed E-state index contributed by atoms with van der Waals surface area (Å²) in [5.41, 5.74) is 1.08. The van der Waals surface area contributed by atoms with Crippen LogP contribution in [0.15, 0.2) is 18.2 Å². The fraction of sp³-hybridized carbons (Fsp3) is 0.632. The topological polar surface area (TPSA) is 50.8 Å². The van der Waals surface area contributed by atoms with Crippen molar-refractivity contribution in [2.45, 2.75) is 31.9 Å². The van der Waals surface area contributed by atoms with Crippen molar-refractivity contribution in [3.05, 3.63) is 28.8 Å². The maximum Gasteiger partial charge on any atom is 0.260 e. The lowest BCUT2D eigenvalue weighted by atomic mass is 9.95. The highest BCUT2D eigenvalue weighted by atomic mass is 35.5. The molecule has 0 aromatic heterocycles. The third-order valence-electron chi connectivity index (χ3n) is 5.12. The second-order valence-electron chi connectivity index (χ2n) is 7.04. The van der Waals surface area contributed by atoms with E-state index in [-0.39, 0.29) is 11.4 Å². The van der Waals surface area contributed by atoms with Crippen molar-refractivity contribution in [3.8, 4) is 5.75 Å². The van der Waals surface area contributed by atoms with E-state index in [1.165, 1.54) is 0 Å². The number of nitrogens with zero attached hydrogens (tertiary/aromatic N) is 1. The van der Waals surface area contributed by atoms with Crippen LogP contribution in [0.2, 0.25) is 5.02 Å². The highest BCUT2D eigenvalue weighted by Gasteiger charge is 2.41. The molecule has 7 heteroatoms. The Morgan fingerprint density at radius 1 is 1.46 bits per heavy atom. The third-order valence-corrected chi connectivity index (χ3v) is 6.66. The highest BCUT2D eigenvalue weighted by Crippen LogP contribution is 2.33. The number of amides is 1. The summed E-state index contributed by atoms with van der Waals surface area (Å²) in [7, 11) is 0. The van der Waals surface area contributed by atoms with Crippen molar-refractivity contribution in [2.75, 3.05) is 44.4 Å². The molecule has 0 radical (unpaired) electrons. The standard InChI is InChI=1S/C19H27ClN2O3S/c1-14-3-4-16(20)17(11-14)25-15(2)18(23)21-12-19(5-10-26-13-19)22-6-8-24-9-7-22/h3-4,11,15H,5-10,12-13H2,1-2H3,(H,21,23)/t15-,19-/m1/s1. The number of carbonyl (C=O) groups excluding carboxylic acids is 1. The molecule has 1 N–H and O–H groups in total. The first-order valence-corrected chi connectivity index (χ1v) is 10.6. The predicted octanol–water partition coefficient (Wildman–Crippen LogP) is 2.74. The van der Waals surface area contributed by atoms with E-state index < -0.39 is 6.10 Å². The van der Waals surface area contributed by atoms with Gasteiger partial charge in [0, 0.05) is 30.9 Å². The zero-order valence-electron chi connectivity index (χ0n) is 15.4. The zero-order valence-corrected chi connectivity index (χ0v) is 17.0. The summed E-state index contributed by atoms with van der Waals surface area (Å²) in [6, 6.07) is 5.57. The van der Waals surface area contributed by atoms with Crippen LogP contribution in [-0.4, -0.2) is 66.8 Å². The van der Waals surface area contributed by atoms with Crippen LogP contribution in [0.3, 0.4) is 0 Å². The van der Waals surface area contributed by atoms with Gasteiger partial charge in [-0.15, -0.1) is 0 Å². The molecule has 0 saturated carbocycles. The Balaban J connectivity index is 1.58. The van der Waals surface area contributed by atoms with E-state index in [4.69, 9.17) is 21.1 Å². The average Bonchev–Trinajstić information content (AvgIpc) is 3.13. The molecule has 1 aromatic rings. The van der Waals surface area contributed by atoms with Crippen molar-refractivity contribution in [1.82, 2.24) is 10.2 Å². The molecular formula is C19H27ClN2O3S. The number of hydrogen-bond acceptors (Lipinski definition) is 5. The number of thioether (sulfide) groups is 1. The Kier molecular flexibility index (Phi) is 6.72. The van der Waals surface area contributed by atoms with Gasteiger partial charge < -0.3 is 14.8 Å². The molecule has 2 fully saturated rings. The number of hydrogen-bond donors (Lipinski definition) is 1. The Morgan fingerprint density at radius 2 is 2.23 bits per heavy atom. The normalized spacial score (nSPS) is 25.0. The summed E-state index contributed by atoms with van der Waals surface area (Å²) < 4.78 is 11.3. The molecule has 5 nitrogen and oxygen atoms in total. The first-order chi connectivity index (χ1) is 12.5. The molecule has 0 bridgehead atoms. The Morgan fingerprint density at radius 3 is 2.92 bits per heavy atom. The molecule has 1 aromatic carbocycles. The molecule has 2 atom stereocenters. The number of rotatable bonds is 6. The molecule has 2 saturated heterocycles. The van der Waals surface area contributed by atoms with Crippen LogP contribution in [0.4, 0.5) is 0 Å². The summed E-state index contributed by atoms with van der Waals surface area (Å²) >= 11 is 8.13. The molecule has 0 aliphatic carbocycles. The number of ether oxygens (including phenoxy) is 2. The Hall–Kier alpha value is -0.950. The predicted molar refractivity (Wildman–Crippen MR) is 106 cm³/mol. The van der Waals surface area contributed by atoms with Crippen LogP contribution in [0, 0.1) is 6.92 Å². The van der Waals surface area contributed by atoms with Crippen molar-refractivity contribution in [3.63, 3.8) is 0 Å². The minimum absolute atomic E-state index is 0.0325. The molecule has 144 valence electrons. The maximum atomic E-state index is 12.6. The molecule has 2 aliphatic heterocycles. The minimum Gasteiger partial charge on any atom is -0.479 e. The molecule has 0 spiro atoms. The summed E-state index contributed by atoms with van der Waals surface area (Å²) in [6.07, 6.45) is 0.502. The van der Waals surface area contributed by atoms with Crippen LogP contribution in [0.1, 0.15) is 18.9 Å². The van der Waals surface area contributed by atoms with Crippen LogP contribution in [-0.2, 0) is 9.53 Å². The average molecular weight is 399 g/mol. The lowest BCUT2D eigenvalue weighted by molar-refractivity contribution is -0.128. The number of aryl methyl sites for hydroxylation is 1. The van der Waals surface area contributed by atoms with Crippen LogP contribution in [0.25, 0.3) is 0 Å². The SMILES string of the molecule is Cc1ccc(Cl)c(O[C@H](C)C(=O)NC[C@]2(N3CCOCC3)CCSC2)c1. The molecule has 0 unspecified atom stereocenters. The quantitative estimate of drug-likeness (QED) is 0.798. The van der Waals surface area contributed by atoms with E-state index in [0.29, 0.717) is 17.3 Å². The first kappa shape index (κ1) is 19.8. The lowest BCUT2D eigenvalue weighted by Gasteiger charge is -2.43. The summed E-state index contributed by atoms with van der Waals surface area (Å²) in [5, 5.41) is 3.63. The summed E-state index contributed by atoms with van der Waals surface area (Å²) in [6.45, 7) is 7.78. The second kappa shape index (κ2) is 8.83. The number of carbonyl (C=O) groups is 1. The number of halogens is 1. The second-order valence-corrected chi connectivity index (χ2v) is 8.55. The molecule has 2 heterocycles. The highest BCUT2D eigenvalue weighted by molar-refractivity contribution is 7.99. The van der Waals surface area contributed by atoms with Crippen molar-refractivity contribution in [2.24, 2.45) is 0 Å². The maximum absolute atomic E-state index is 12.6. The molecule has 1 amide bonds. The first-order valence-electron chi connectivity index (χ1n) is 9.11. The third kappa shape index (κ3) is 4.66. The Bertz CT molecular complexity index is 631. The molecule has 26 heavy (non-hydrogen) atoms. The summed E-state index contributed by atoms with van der Waals surface area (Å²) in [4.78, 5) is 15.1. The van der Waals surface area contributed by atoms with Crippen LogP contribution in [0.5, 0.6) is 5.75 Å². The van der Waals surface area contributed by atoms with Gasteiger partial charge in [0.1, 0.15) is 5.75 Å². The van der Waals surface area contributed by atoms with E-state index in [2.05, 4.69) is 10.2 Å². The van der Waals surface area contributed by atoms with Gasteiger partial charge >= 0.3 is 0 Å². The van der Waals surface area contributed by atoms with E-state index in [9.17, 15) is 4.79 Å². The number of benzene rings is 1. The zero-order chi connectivity index (χ0) is 18.6. The lowest BCUT2D eigenvalue weighted by Crippen LogP contribution is -2.59. The fourth-order valence-electron chi connectivity index (χ4n) is 3.48. The van der Waals surface area contributed by atoms with Gasteiger partial charge in [-0.1, -0.05) is 17.7 Å². The number of morpholine rings is 1. The van der Waals surface area contributed by atoms with Gasteiger partial charge in [-0.05, 0) is 43.7 Å². The van der Waals surface area contributed by atoms with Gasteiger partial charge in [0.2, 0.25) is 0 Å². The monoisotopic (exact) mass is 398 g/mol. The van der Waals surface area contributed by atoms with Crippen LogP contribution >= 0.6 is 23.4 Å². The van der Waals surface area contributed by atoms with E-state index in [1.807, 2.05) is 30.8 Å². The summed E-state index contributed by atoms with van der Waals surface area (Å²) in [5.74, 6) is 2.63. The van der Waals surface area contributed by atoms with Crippen molar-refractivity contribution >= 4 is 29.3 Å². The van der Waals surface area contributed by atoms with E-state index in [0.717, 1.165) is 49.8 Å². The number of nitrogens with one attached hydrogen (secondary N) is 1. The molecule has 3 rings (SSSR count). The van der Waals surface area contributed by atoms with Gasteiger partial charge in [0.25, 0.3) is 5.91 Å². The van der Waals surface area contributed by atoms with Gasteiger partial charge in [0.05, 0.1) is 18.2 Å². The Labute approximate surface area is 164 Å². The molecular weight excluding hydrogens is 372 g/mol. The molecule has 2 aliphatic rings. The van der Waals surface area contributed by atoms with E-state index in [1.54, 1.807) is 13.0 Å². The van der Waals surface area contributed by atoms with Crippen LogP contribution < -0.4 is 10.1 Å². The van der Waals surface area contributed by atoms with Gasteiger partial charge in [0.15, 0.2) is 6.10 Å². The van der Waals surface area contributed by atoms with Gasteiger partial charge in [-0.25, -0.2) is 0 Å².